The first kappa shape index (κ1) is 11.3. The van der Waals surface area contributed by atoms with Crippen molar-refractivity contribution in [2.75, 3.05) is 13.2 Å². The van der Waals surface area contributed by atoms with Crippen molar-refractivity contribution in [2.24, 2.45) is 5.41 Å². The summed E-state index contributed by atoms with van der Waals surface area (Å²) in [7, 11) is 0. The largest absolute Gasteiger partial charge is 0.522 e. The molecule has 1 saturated carbocycles. The maximum Gasteiger partial charge on any atom is 0.522 e. The third-order valence-electron chi connectivity index (χ3n) is 2.18. The zero-order valence-electron chi connectivity index (χ0n) is 7.78. The van der Waals surface area contributed by atoms with E-state index in [0.717, 1.165) is 0 Å². The predicted octanol–water partition coefficient (Wildman–Crippen LogP) is 1.44. The minimum Gasteiger partial charge on any atom is -0.356 e. The summed E-state index contributed by atoms with van der Waals surface area (Å²) in [5, 5.41) is 2.50. The molecule has 1 amide bonds. The van der Waals surface area contributed by atoms with Crippen LogP contribution in [0.5, 0.6) is 0 Å². The molecule has 6 heteroatoms. The van der Waals surface area contributed by atoms with Gasteiger partial charge in [0.1, 0.15) is 0 Å². The lowest BCUT2D eigenvalue weighted by Gasteiger charge is -2.15. The molecule has 0 saturated heterocycles. The number of amides is 1. The first-order valence-corrected chi connectivity index (χ1v) is 4.39. The van der Waals surface area contributed by atoms with Crippen molar-refractivity contribution in [3.8, 4) is 0 Å². The summed E-state index contributed by atoms with van der Waals surface area (Å²) in [5.41, 5.74) is -0.925. The van der Waals surface area contributed by atoms with Crippen LogP contribution in [0.1, 0.15) is 19.8 Å². The predicted molar refractivity (Wildman–Crippen MR) is 42.4 cm³/mol. The fraction of sp³-hybridized carbons (Fsp3) is 0.875. The molecule has 1 aliphatic rings. The van der Waals surface area contributed by atoms with Gasteiger partial charge in [0.25, 0.3) is 0 Å². The van der Waals surface area contributed by atoms with Crippen LogP contribution in [-0.4, -0.2) is 25.4 Å². The average molecular weight is 211 g/mol. The second-order valence-corrected chi connectivity index (χ2v) is 3.37. The highest BCUT2D eigenvalue weighted by Crippen LogP contribution is 2.46. The SMILES string of the molecule is CCNC(=O)C1(COC(F)(F)F)CC1. The van der Waals surface area contributed by atoms with Crippen LogP contribution in [0.25, 0.3) is 0 Å². The van der Waals surface area contributed by atoms with Gasteiger partial charge in [-0.25, -0.2) is 0 Å². The van der Waals surface area contributed by atoms with Gasteiger partial charge in [-0.2, -0.15) is 0 Å². The number of carbonyl (C=O) groups is 1. The van der Waals surface area contributed by atoms with E-state index in [4.69, 9.17) is 0 Å². The van der Waals surface area contributed by atoms with Gasteiger partial charge in [0.05, 0.1) is 12.0 Å². The lowest BCUT2D eigenvalue weighted by Crippen LogP contribution is -2.36. The molecule has 1 aliphatic carbocycles. The Bertz CT molecular complexity index is 223. The average Bonchev–Trinajstić information content (AvgIpc) is 2.80. The van der Waals surface area contributed by atoms with Crippen LogP contribution in [0.4, 0.5) is 13.2 Å². The minimum atomic E-state index is -4.65. The first-order valence-electron chi connectivity index (χ1n) is 4.39. The zero-order valence-corrected chi connectivity index (χ0v) is 7.78. The number of hydrogen-bond donors (Lipinski definition) is 1. The highest BCUT2D eigenvalue weighted by Gasteiger charge is 2.52. The van der Waals surface area contributed by atoms with Gasteiger partial charge in [0, 0.05) is 6.54 Å². The van der Waals surface area contributed by atoms with Crippen LogP contribution in [0.2, 0.25) is 0 Å². The van der Waals surface area contributed by atoms with Crippen molar-refractivity contribution >= 4 is 5.91 Å². The number of ether oxygens (including phenoxy) is 1. The van der Waals surface area contributed by atoms with Crippen LogP contribution in [-0.2, 0) is 9.53 Å². The van der Waals surface area contributed by atoms with Crippen LogP contribution in [0, 0.1) is 5.41 Å². The van der Waals surface area contributed by atoms with Gasteiger partial charge in [-0.15, -0.1) is 13.2 Å². The molecule has 1 rings (SSSR count). The van der Waals surface area contributed by atoms with E-state index in [0.29, 0.717) is 19.4 Å². The van der Waals surface area contributed by atoms with Crippen LogP contribution < -0.4 is 5.32 Å². The van der Waals surface area contributed by atoms with E-state index in [1.165, 1.54) is 0 Å². The van der Waals surface area contributed by atoms with E-state index in [1.807, 2.05) is 0 Å². The summed E-state index contributed by atoms with van der Waals surface area (Å²) < 4.78 is 38.8. The van der Waals surface area contributed by atoms with Crippen LogP contribution in [0.15, 0.2) is 0 Å². The van der Waals surface area contributed by atoms with Crippen molar-refractivity contribution in [1.82, 2.24) is 5.32 Å². The van der Waals surface area contributed by atoms with Gasteiger partial charge in [-0.05, 0) is 19.8 Å². The molecule has 0 radical (unpaired) electrons. The molecule has 3 nitrogen and oxygen atoms in total. The molecule has 0 bridgehead atoms. The molecule has 0 aliphatic heterocycles. The van der Waals surface area contributed by atoms with Crippen molar-refractivity contribution in [3.05, 3.63) is 0 Å². The summed E-state index contributed by atoms with van der Waals surface area (Å²) in [6.45, 7) is 1.58. The van der Waals surface area contributed by atoms with Crippen LogP contribution >= 0.6 is 0 Å². The Morgan fingerprint density at radius 1 is 1.50 bits per heavy atom. The molecular weight excluding hydrogens is 199 g/mol. The Morgan fingerprint density at radius 2 is 2.07 bits per heavy atom. The van der Waals surface area contributed by atoms with Gasteiger partial charge >= 0.3 is 6.36 Å². The Hall–Kier alpha value is -0.780. The monoisotopic (exact) mass is 211 g/mol. The molecule has 14 heavy (non-hydrogen) atoms. The van der Waals surface area contributed by atoms with Crippen molar-refractivity contribution < 1.29 is 22.7 Å². The minimum absolute atomic E-state index is 0.343. The standard InChI is InChI=1S/C8H12F3NO2/c1-2-12-6(13)7(3-4-7)5-14-8(9,10)11/h2-5H2,1H3,(H,12,13). The van der Waals surface area contributed by atoms with E-state index in [1.54, 1.807) is 6.92 Å². The van der Waals surface area contributed by atoms with E-state index in [-0.39, 0.29) is 5.91 Å². The van der Waals surface area contributed by atoms with Gasteiger partial charge in [-0.3, -0.25) is 9.53 Å². The smallest absolute Gasteiger partial charge is 0.356 e. The number of nitrogens with one attached hydrogen (secondary N) is 1. The molecule has 0 spiro atoms. The molecule has 82 valence electrons. The van der Waals surface area contributed by atoms with Crippen LogP contribution in [0.3, 0.4) is 0 Å². The quantitative estimate of drug-likeness (QED) is 0.764. The maximum atomic E-state index is 11.7. The molecule has 1 N–H and O–H groups in total. The number of alkyl halides is 3. The summed E-state index contributed by atoms with van der Waals surface area (Å²) in [6.07, 6.45) is -3.72. The normalized spacial score (nSPS) is 19.1. The second-order valence-electron chi connectivity index (χ2n) is 3.37. The number of hydrogen-bond acceptors (Lipinski definition) is 2. The van der Waals surface area contributed by atoms with Gasteiger partial charge < -0.3 is 5.32 Å². The van der Waals surface area contributed by atoms with Gasteiger partial charge in [-0.1, -0.05) is 0 Å². The van der Waals surface area contributed by atoms with Gasteiger partial charge in [0.2, 0.25) is 5.91 Å². The second kappa shape index (κ2) is 3.76. The molecule has 0 aromatic heterocycles. The highest BCUT2D eigenvalue weighted by atomic mass is 19.4. The number of halogens is 3. The Morgan fingerprint density at radius 3 is 2.43 bits per heavy atom. The molecule has 1 fully saturated rings. The third-order valence-corrected chi connectivity index (χ3v) is 2.18. The summed E-state index contributed by atoms with van der Waals surface area (Å²) in [4.78, 5) is 11.3. The first-order chi connectivity index (χ1) is 6.40. The van der Waals surface area contributed by atoms with Gasteiger partial charge in [0.15, 0.2) is 0 Å². The topological polar surface area (TPSA) is 38.3 Å². The lowest BCUT2D eigenvalue weighted by atomic mass is 10.1. The molecular formula is C8H12F3NO2. The van der Waals surface area contributed by atoms with E-state index in [2.05, 4.69) is 10.1 Å². The fourth-order valence-electron chi connectivity index (χ4n) is 1.16. The van der Waals surface area contributed by atoms with Crippen molar-refractivity contribution in [2.45, 2.75) is 26.1 Å². The number of rotatable bonds is 4. The molecule has 0 atom stereocenters. The Labute approximate surface area is 79.6 Å². The number of carbonyl (C=O) groups excluding carboxylic acids is 1. The third kappa shape index (κ3) is 2.87. The molecule has 0 aromatic rings. The highest BCUT2D eigenvalue weighted by molar-refractivity contribution is 5.85. The lowest BCUT2D eigenvalue weighted by molar-refractivity contribution is -0.328. The summed E-state index contributed by atoms with van der Waals surface area (Å²) in [6, 6.07) is 0. The molecule has 0 aromatic carbocycles. The summed E-state index contributed by atoms with van der Waals surface area (Å²) in [5.74, 6) is -0.343. The Balaban J connectivity index is 2.39. The molecule has 0 heterocycles. The van der Waals surface area contributed by atoms with Crippen molar-refractivity contribution in [3.63, 3.8) is 0 Å². The Kier molecular flexibility index (Phi) is 3.04. The van der Waals surface area contributed by atoms with E-state index >= 15 is 0 Å². The molecule has 0 unspecified atom stereocenters. The fourth-order valence-corrected chi connectivity index (χ4v) is 1.16. The van der Waals surface area contributed by atoms with E-state index < -0.39 is 18.4 Å². The maximum absolute atomic E-state index is 11.7. The van der Waals surface area contributed by atoms with E-state index in [9.17, 15) is 18.0 Å². The zero-order chi connectivity index (χ0) is 10.8. The summed E-state index contributed by atoms with van der Waals surface area (Å²) >= 11 is 0. The van der Waals surface area contributed by atoms with Crippen molar-refractivity contribution in [1.29, 1.82) is 0 Å².